The highest BCUT2D eigenvalue weighted by molar-refractivity contribution is 5.95. The fourth-order valence-electron chi connectivity index (χ4n) is 8.37. The van der Waals surface area contributed by atoms with E-state index in [2.05, 4.69) is 140 Å². The number of para-hydroxylation sites is 1. The quantitative estimate of drug-likeness (QED) is 0.263. The van der Waals surface area contributed by atoms with Crippen LogP contribution in [0.1, 0.15) is 55.7 Å². The highest BCUT2D eigenvalue weighted by Crippen LogP contribution is 2.57. The van der Waals surface area contributed by atoms with Crippen LogP contribution in [0.5, 0.6) is 0 Å². The first-order chi connectivity index (χ1) is 19.5. The lowest BCUT2D eigenvalue weighted by Crippen LogP contribution is -2.41. The Kier molecular flexibility index (Phi) is 6.11. The van der Waals surface area contributed by atoms with Gasteiger partial charge in [-0.25, -0.2) is 0 Å². The predicted molar refractivity (Wildman–Crippen MR) is 170 cm³/mol. The van der Waals surface area contributed by atoms with Crippen LogP contribution in [-0.2, 0) is 17.3 Å². The molecule has 202 valence electrons. The molecule has 2 heterocycles. The van der Waals surface area contributed by atoms with Crippen molar-refractivity contribution in [3.05, 3.63) is 132 Å². The number of hydrogen-bond donors (Lipinski definition) is 0. The van der Waals surface area contributed by atoms with Crippen LogP contribution >= 0.6 is 0 Å². The molecule has 2 nitrogen and oxygen atoms in total. The van der Waals surface area contributed by atoms with Crippen molar-refractivity contribution in [1.29, 1.82) is 0 Å². The molecule has 1 saturated carbocycles. The molecule has 7 rings (SSSR count). The number of anilines is 2. The molecule has 0 aromatic heterocycles. The molecule has 1 fully saturated rings. The van der Waals surface area contributed by atoms with Gasteiger partial charge in [0, 0.05) is 42.0 Å². The summed E-state index contributed by atoms with van der Waals surface area (Å²) in [5.74, 6) is 0. The second kappa shape index (κ2) is 9.70. The van der Waals surface area contributed by atoms with E-state index in [9.17, 15) is 0 Å². The van der Waals surface area contributed by atoms with Gasteiger partial charge in [0.2, 0.25) is 0 Å². The van der Waals surface area contributed by atoms with E-state index in [4.69, 9.17) is 0 Å². The Hall–Kier alpha value is -3.78. The zero-order valence-electron chi connectivity index (χ0n) is 24.1. The highest BCUT2D eigenvalue weighted by Gasteiger charge is 2.48. The van der Waals surface area contributed by atoms with Crippen molar-refractivity contribution in [2.24, 2.45) is 0 Å². The molecule has 0 N–H and O–H groups in total. The summed E-state index contributed by atoms with van der Waals surface area (Å²) in [6.07, 6.45) is 14.7. The average Bonchev–Trinajstić information content (AvgIpc) is 3.34. The first kappa shape index (κ1) is 25.2. The standard InChI is InChI=1S/C38H40N2/c1-37(27-28-15-6-4-7-16-28)31-19-10-11-20-32(31)39(2)34(37)21-14-22-35-38(25-12-5-13-26-38)36-30-18-9-8-17-29(30)23-24-33(36)40(35)3/h4,6-11,14-24,34H,5,12-13,25-27H2,1-3H3/b21-14+,35-22+. The van der Waals surface area contributed by atoms with Crippen molar-refractivity contribution < 1.29 is 0 Å². The number of rotatable bonds is 4. The number of benzene rings is 4. The molecule has 1 aliphatic carbocycles. The maximum Gasteiger partial charge on any atom is 0.0571 e. The van der Waals surface area contributed by atoms with Crippen molar-refractivity contribution in [3.63, 3.8) is 0 Å². The number of allylic oxidation sites excluding steroid dienone is 3. The van der Waals surface area contributed by atoms with Gasteiger partial charge in [-0.1, -0.05) is 117 Å². The van der Waals surface area contributed by atoms with E-state index in [0.717, 1.165) is 6.42 Å². The van der Waals surface area contributed by atoms with Gasteiger partial charge in [-0.15, -0.1) is 0 Å². The zero-order chi connectivity index (χ0) is 27.3. The summed E-state index contributed by atoms with van der Waals surface area (Å²) < 4.78 is 0. The fraction of sp³-hybridized carbons (Fsp3) is 0.316. The van der Waals surface area contributed by atoms with E-state index in [1.54, 1.807) is 5.56 Å². The van der Waals surface area contributed by atoms with Crippen molar-refractivity contribution in [2.75, 3.05) is 23.9 Å². The molecule has 0 amide bonds. The maximum absolute atomic E-state index is 2.49. The lowest BCUT2D eigenvalue weighted by molar-refractivity contribution is 0.348. The summed E-state index contributed by atoms with van der Waals surface area (Å²) in [6, 6.07) is 33.9. The summed E-state index contributed by atoms with van der Waals surface area (Å²) in [4.78, 5) is 4.98. The minimum atomic E-state index is -0.00896. The summed E-state index contributed by atoms with van der Waals surface area (Å²) in [6.45, 7) is 2.46. The molecule has 2 aliphatic heterocycles. The van der Waals surface area contributed by atoms with Crippen molar-refractivity contribution in [2.45, 2.75) is 62.3 Å². The average molecular weight is 525 g/mol. The van der Waals surface area contributed by atoms with Crippen LogP contribution in [0.25, 0.3) is 10.8 Å². The van der Waals surface area contributed by atoms with Gasteiger partial charge in [-0.05, 0) is 64.9 Å². The van der Waals surface area contributed by atoms with Crippen molar-refractivity contribution in [1.82, 2.24) is 0 Å². The molecule has 4 aromatic carbocycles. The molecule has 3 aliphatic rings. The van der Waals surface area contributed by atoms with Crippen LogP contribution in [-0.4, -0.2) is 20.1 Å². The zero-order valence-corrected chi connectivity index (χ0v) is 24.1. The molecule has 1 spiro atoms. The van der Waals surface area contributed by atoms with E-state index in [-0.39, 0.29) is 16.9 Å². The molecule has 2 heteroatoms. The molecule has 2 unspecified atom stereocenters. The molecule has 40 heavy (non-hydrogen) atoms. The molecule has 0 saturated heterocycles. The van der Waals surface area contributed by atoms with E-state index in [0.29, 0.717) is 0 Å². The third-order valence-electron chi connectivity index (χ3n) is 10.2. The Balaban J connectivity index is 1.30. The summed E-state index contributed by atoms with van der Waals surface area (Å²) in [7, 11) is 4.55. The number of hydrogen-bond acceptors (Lipinski definition) is 2. The monoisotopic (exact) mass is 524 g/mol. The second-order valence-electron chi connectivity index (χ2n) is 12.5. The normalized spacial score (nSPS) is 24.4. The third-order valence-corrected chi connectivity index (χ3v) is 10.2. The Labute approximate surface area is 239 Å². The van der Waals surface area contributed by atoms with Crippen LogP contribution in [0.2, 0.25) is 0 Å². The van der Waals surface area contributed by atoms with E-state index in [1.807, 2.05) is 0 Å². The summed E-state index contributed by atoms with van der Waals surface area (Å²) in [5.41, 5.74) is 8.71. The Bertz CT molecular complexity index is 1610. The Morgan fingerprint density at radius 2 is 1.50 bits per heavy atom. The molecule has 2 atom stereocenters. The number of fused-ring (bicyclic) bond motifs is 5. The predicted octanol–water partition coefficient (Wildman–Crippen LogP) is 8.95. The first-order valence-electron chi connectivity index (χ1n) is 15.0. The van der Waals surface area contributed by atoms with E-state index < -0.39 is 0 Å². The molecular weight excluding hydrogens is 484 g/mol. The molecule has 0 bridgehead atoms. The highest BCUT2D eigenvalue weighted by atomic mass is 15.2. The van der Waals surface area contributed by atoms with Crippen LogP contribution in [0.3, 0.4) is 0 Å². The van der Waals surface area contributed by atoms with Crippen molar-refractivity contribution >= 4 is 22.1 Å². The van der Waals surface area contributed by atoms with Crippen LogP contribution < -0.4 is 9.80 Å². The topological polar surface area (TPSA) is 6.48 Å². The maximum atomic E-state index is 2.49. The lowest BCUT2D eigenvalue weighted by Gasteiger charge is -2.37. The molecule has 4 aromatic rings. The third kappa shape index (κ3) is 3.76. The van der Waals surface area contributed by atoms with Gasteiger partial charge in [-0.3, -0.25) is 0 Å². The number of nitrogens with zero attached hydrogens (tertiary/aromatic N) is 2. The lowest BCUT2D eigenvalue weighted by atomic mass is 9.67. The fourth-order valence-corrected chi connectivity index (χ4v) is 8.37. The Morgan fingerprint density at radius 3 is 2.33 bits per heavy atom. The van der Waals surface area contributed by atoms with Gasteiger partial charge in [0.05, 0.1) is 6.04 Å². The van der Waals surface area contributed by atoms with Gasteiger partial charge in [0.15, 0.2) is 0 Å². The van der Waals surface area contributed by atoms with E-state index >= 15 is 0 Å². The molecular formula is C38H40N2. The minimum absolute atomic E-state index is 0.00896. The van der Waals surface area contributed by atoms with Crippen molar-refractivity contribution in [3.8, 4) is 0 Å². The van der Waals surface area contributed by atoms with Gasteiger partial charge in [0.1, 0.15) is 0 Å². The first-order valence-corrected chi connectivity index (χ1v) is 15.0. The summed E-state index contributed by atoms with van der Waals surface area (Å²) >= 11 is 0. The molecule has 0 radical (unpaired) electrons. The van der Waals surface area contributed by atoms with Gasteiger partial charge in [0.25, 0.3) is 0 Å². The Morgan fingerprint density at radius 1 is 0.775 bits per heavy atom. The second-order valence-corrected chi connectivity index (χ2v) is 12.5. The number of likely N-dealkylation sites (N-methyl/N-ethyl adjacent to an activating group) is 2. The van der Waals surface area contributed by atoms with Gasteiger partial charge < -0.3 is 9.80 Å². The smallest absolute Gasteiger partial charge is 0.0571 e. The van der Waals surface area contributed by atoms with Gasteiger partial charge in [-0.2, -0.15) is 0 Å². The largest absolute Gasteiger partial charge is 0.367 e. The summed E-state index contributed by atoms with van der Waals surface area (Å²) in [5, 5.41) is 2.79. The van der Waals surface area contributed by atoms with Crippen LogP contribution in [0.15, 0.2) is 115 Å². The van der Waals surface area contributed by atoms with E-state index in [1.165, 1.54) is 71.1 Å². The van der Waals surface area contributed by atoms with Gasteiger partial charge >= 0.3 is 0 Å². The van der Waals surface area contributed by atoms with Crippen LogP contribution in [0, 0.1) is 0 Å². The minimum Gasteiger partial charge on any atom is -0.367 e. The SMILES string of the molecule is CN1/C(=C/C=C/C2N(C)c3ccccc3C2(C)Cc2ccccc2)C2(CCCCC2)c2c1ccc1ccccc21. The van der Waals surface area contributed by atoms with Crippen LogP contribution in [0.4, 0.5) is 11.4 Å².